The lowest BCUT2D eigenvalue weighted by atomic mass is 9.98. The molecule has 2 amide bonds. The Labute approximate surface area is 264 Å². The minimum absolute atomic E-state index is 0.353. The Morgan fingerprint density at radius 3 is 2.20 bits per heavy atom. The SMILES string of the molecule is [C-]#[N+]c1ccc(-c2ccc3c(c2)c2ccccc2n3-c2cccc3c2C(=O)N(c2cccc(-c4ccccc4)c2)C3=O)c(C#N)c1. The number of rotatable bonds is 4. The third-order valence-corrected chi connectivity index (χ3v) is 8.58. The molecule has 0 saturated heterocycles. The minimum atomic E-state index is -0.373. The molecule has 0 radical (unpaired) electrons. The average molecular weight is 591 g/mol. The molecule has 1 aliphatic rings. The lowest BCUT2D eigenvalue weighted by Crippen LogP contribution is -2.29. The number of nitrogens with zero attached hydrogens (tertiary/aromatic N) is 4. The number of hydrogen-bond donors (Lipinski definition) is 0. The number of fused-ring (bicyclic) bond motifs is 4. The zero-order chi connectivity index (χ0) is 31.4. The molecule has 46 heavy (non-hydrogen) atoms. The largest absolute Gasteiger partial charge is 0.308 e. The van der Waals surface area contributed by atoms with E-state index in [1.54, 1.807) is 24.3 Å². The van der Waals surface area contributed by atoms with Crippen LogP contribution in [0.25, 0.3) is 54.6 Å². The van der Waals surface area contributed by atoms with E-state index in [-0.39, 0.29) is 11.8 Å². The fourth-order valence-corrected chi connectivity index (χ4v) is 6.49. The summed E-state index contributed by atoms with van der Waals surface area (Å²) in [6, 6.07) is 44.0. The number of benzene rings is 6. The van der Waals surface area contributed by atoms with Crippen LogP contribution in [-0.4, -0.2) is 16.4 Å². The van der Waals surface area contributed by atoms with Gasteiger partial charge in [-0.2, -0.15) is 5.26 Å². The maximum Gasteiger partial charge on any atom is 0.268 e. The number of hydrogen-bond acceptors (Lipinski definition) is 3. The highest BCUT2D eigenvalue weighted by Gasteiger charge is 2.39. The van der Waals surface area contributed by atoms with E-state index in [4.69, 9.17) is 6.57 Å². The zero-order valence-corrected chi connectivity index (χ0v) is 24.3. The molecule has 0 saturated carbocycles. The average Bonchev–Trinajstić information content (AvgIpc) is 3.58. The van der Waals surface area contributed by atoms with Crippen molar-refractivity contribution in [3.05, 3.63) is 162 Å². The summed E-state index contributed by atoms with van der Waals surface area (Å²) in [6.45, 7) is 7.32. The van der Waals surface area contributed by atoms with Crippen LogP contribution in [0.1, 0.15) is 26.3 Å². The van der Waals surface area contributed by atoms with E-state index in [1.165, 1.54) is 4.90 Å². The first-order valence-corrected chi connectivity index (χ1v) is 14.7. The van der Waals surface area contributed by atoms with E-state index in [0.29, 0.717) is 33.8 Å². The molecule has 0 unspecified atom stereocenters. The van der Waals surface area contributed by atoms with Gasteiger partial charge in [-0.1, -0.05) is 84.9 Å². The minimum Gasteiger partial charge on any atom is -0.308 e. The molecular weight excluding hydrogens is 568 g/mol. The fourth-order valence-electron chi connectivity index (χ4n) is 6.49. The van der Waals surface area contributed by atoms with E-state index in [0.717, 1.165) is 44.1 Å². The Kier molecular flexibility index (Phi) is 6.10. The number of nitriles is 1. The number of aromatic nitrogens is 1. The number of para-hydroxylation sites is 1. The summed E-state index contributed by atoms with van der Waals surface area (Å²) < 4.78 is 2.04. The van der Waals surface area contributed by atoms with Crippen molar-refractivity contribution >= 4 is 45.0 Å². The quantitative estimate of drug-likeness (QED) is 0.151. The first-order chi connectivity index (χ1) is 22.6. The van der Waals surface area contributed by atoms with Gasteiger partial charge < -0.3 is 4.57 Å². The molecule has 0 fully saturated rings. The Bertz CT molecular complexity index is 2500. The van der Waals surface area contributed by atoms with Gasteiger partial charge in [0.2, 0.25) is 0 Å². The van der Waals surface area contributed by atoms with Crippen molar-refractivity contribution in [1.29, 1.82) is 5.26 Å². The van der Waals surface area contributed by atoms with Crippen molar-refractivity contribution in [3.63, 3.8) is 0 Å². The number of amides is 2. The lowest BCUT2D eigenvalue weighted by molar-refractivity contribution is 0.0926. The number of imide groups is 1. The van der Waals surface area contributed by atoms with Gasteiger partial charge in [0.15, 0.2) is 5.69 Å². The van der Waals surface area contributed by atoms with Crippen LogP contribution in [0.15, 0.2) is 133 Å². The van der Waals surface area contributed by atoms with Gasteiger partial charge in [0.1, 0.15) is 0 Å². The van der Waals surface area contributed by atoms with E-state index < -0.39 is 0 Å². The second kappa shape index (κ2) is 10.4. The fraction of sp³-hybridized carbons (Fsp3) is 0. The van der Waals surface area contributed by atoms with Crippen molar-refractivity contribution in [2.75, 3.05) is 4.90 Å². The molecule has 0 atom stereocenters. The Hall–Kier alpha value is -6.76. The monoisotopic (exact) mass is 590 g/mol. The van der Waals surface area contributed by atoms with Gasteiger partial charge in [-0.25, -0.2) is 9.74 Å². The predicted octanol–water partition coefficient (Wildman–Crippen LogP) is 9.34. The molecule has 2 heterocycles. The summed E-state index contributed by atoms with van der Waals surface area (Å²) in [5, 5.41) is 11.7. The highest BCUT2D eigenvalue weighted by molar-refractivity contribution is 6.36. The third kappa shape index (κ3) is 4.02. The summed E-state index contributed by atoms with van der Waals surface area (Å²) >= 11 is 0. The Morgan fingerprint density at radius 2 is 1.37 bits per heavy atom. The second-order valence-electron chi connectivity index (χ2n) is 11.1. The number of carbonyl (C=O) groups is 2. The maximum atomic E-state index is 14.2. The molecule has 214 valence electrons. The van der Waals surface area contributed by atoms with Gasteiger partial charge in [-0.3, -0.25) is 9.59 Å². The van der Waals surface area contributed by atoms with Crippen LogP contribution < -0.4 is 4.90 Å². The molecule has 6 aromatic carbocycles. The van der Waals surface area contributed by atoms with E-state index in [1.807, 2.05) is 114 Å². The van der Waals surface area contributed by atoms with Crippen LogP contribution in [0.3, 0.4) is 0 Å². The van der Waals surface area contributed by atoms with Crippen molar-refractivity contribution in [3.8, 4) is 34.0 Å². The number of anilines is 1. The normalized spacial score (nSPS) is 12.3. The zero-order valence-electron chi connectivity index (χ0n) is 24.3. The molecule has 1 aliphatic heterocycles. The highest BCUT2D eigenvalue weighted by Crippen LogP contribution is 2.40. The predicted molar refractivity (Wildman–Crippen MR) is 180 cm³/mol. The van der Waals surface area contributed by atoms with Crippen molar-refractivity contribution < 1.29 is 9.59 Å². The van der Waals surface area contributed by atoms with Crippen LogP contribution in [0.4, 0.5) is 11.4 Å². The lowest BCUT2D eigenvalue weighted by Gasteiger charge is -2.16. The first-order valence-electron chi connectivity index (χ1n) is 14.7. The van der Waals surface area contributed by atoms with E-state index in [2.05, 4.69) is 10.9 Å². The van der Waals surface area contributed by atoms with Gasteiger partial charge in [-0.05, 0) is 70.8 Å². The maximum absolute atomic E-state index is 14.2. The number of carbonyl (C=O) groups excluding carboxylic acids is 2. The van der Waals surface area contributed by atoms with Crippen molar-refractivity contribution in [2.24, 2.45) is 0 Å². The van der Waals surface area contributed by atoms with Gasteiger partial charge in [0.05, 0.1) is 46.2 Å². The molecule has 6 nitrogen and oxygen atoms in total. The molecule has 8 rings (SSSR count). The summed E-state index contributed by atoms with van der Waals surface area (Å²) in [4.78, 5) is 32.8. The molecule has 6 heteroatoms. The summed E-state index contributed by atoms with van der Waals surface area (Å²) in [5.41, 5.74) is 7.93. The summed E-state index contributed by atoms with van der Waals surface area (Å²) in [5.74, 6) is -0.732. The molecule has 0 N–H and O–H groups in total. The van der Waals surface area contributed by atoms with Gasteiger partial charge in [0, 0.05) is 16.3 Å². The smallest absolute Gasteiger partial charge is 0.268 e. The molecular formula is C40H22N4O2. The van der Waals surface area contributed by atoms with Gasteiger partial charge >= 0.3 is 0 Å². The van der Waals surface area contributed by atoms with Crippen LogP contribution in [0.5, 0.6) is 0 Å². The Balaban J connectivity index is 1.29. The molecule has 7 aromatic rings. The van der Waals surface area contributed by atoms with E-state index >= 15 is 0 Å². The van der Waals surface area contributed by atoms with Crippen LogP contribution in [0.2, 0.25) is 0 Å². The summed E-state index contributed by atoms with van der Waals surface area (Å²) in [7, 11) is 0. The first kappa shape index (κ1) is 26.8. The topological polar surface area (TPSA) is 70.5 Å². The molecule has 0 bridgehead atoms. The summed E-state index contributed by atoms with van der Waals surface area (Å²) in [6.07, 6.45) is 0. The van der Waals surface area contributed by atoms with Crippen LogP contribution in [0, 0.1) is 17.9 Å². The molecule has 0 aliphatic carbocycles. The Morgan fingerprint density at radius 1 is 0.609 bits per heavy atom. The standard InChI is InChI=1S/C40H22N4O2/c1-42-29-18-19-31(28(21-29)24-41)27-17-20-36-34(23-27)32-13-5-6-15-35(32)44(36)37-16-8-14-33-38(37)40(46)43(39(33)45)30-12-7-11-26(22-30)25-9-3-2-4-10-25/h2-23H. The van der Waals surface area contributed by atoms with E-state index in [9.17, 15) is 14.9 Å². The molecule has 0 spiro atoms. The van der Waals surface area contributed by atoms with Crippen LogP contribution in [-0.2, 0) is 0 Å². The van der Waals surface area contributed by atoms with Crippen molar-refractivity contribution in [2.45, 2.75) is 0 Å². The van der Waals surface area contributed by atoms with Gasteiger partial charge in [-0.15, -0.1) is 0 Å². The second-order valence-corrected chi connectivity index (χ2v) is 11.1. The van der Waals surface area contributed by atoms with Crippen molar-refractivity contribution in [1.82, 2.24) is 4.57 Å². The molecule has 1 aromatic heterocycles. The third-order valence-electron chi connectivity index (χ3n) is 8.58. The van der Waals surface area contributed by atoms with Crippen LogP contribution >= 0.6 is 0 Å². The van der Waals surface area contributed by atoms with Gasteiger partial charge in [0.25, 0.3) is 11.8 Å². The highest BCUT2D eigenvalue weighted by atomic mass is 16.2.